The van der Waals surface area contributed by atoms with Gasteiger partial charge in [-0.25, -0.2) is 4.98 Å². The Morgan fingerprint density at radius 1 is 1.50 bits per heavy atom. The van der Waals surface area contributed by atoms with E-state index in [0.29, 0.717) is 0 Å². The Labute approximate surface area is 85.1 Å². The molecule has 0 saturated heterocycles. The van der Waals surface area contributed by atoms with E-state index in [1.165, 1.54) is 18.4 Å². The highest BCUT2D eigenvalue weighted by atomic mass is 15.1. The van der Waals surface area contributed by atoms with Crippen molar-refractivity contribution in [2.75, 3.05) is 19.4 Å². The molecule has 1 heterocycles. The van der Waals surface area contributed by atoms with Gasteiger partial charge < -0.3 is 5.32 Å². The molecule has 1 aliphatic rings. The monoisotopic (exact) mass is 191 g/mol. The number of nitrogens with one attached hydrogen (secondary N) is 1. The summed E-state index contributed by atoms with van der Waals surface area (Å²) < 4.78 is 0. The average molecular weight is 191 g/mol. The zero-order valence-electron chi connectivity index (χ0n) is 8.83. The van der Waals surface area contributed by atoms with Crippen molar-refractivity contribution in [2.45, 2.75) is 25.4 Å². The summed E-state index contributed by atoms with van der Waals surface area (Å²) in [6.07, 6.45) is 4.67. The molecule has 3 nitrogen and oxygen atoms in total. The van der Waals surface area contributed by atoms with Gasteiger partial charge in [0, 0.05) is 25.8 Å². The van der Waals surface area contributed by atoms with Crippen molar-refractivity contribution in [3.8, 4) is 0 Å². The van der Waals surface area contributed by atoms with Crippen LogP contribution in [-0.2, 0) is 6.54 Å². The van der Waals surface area contributed by atoms with Gasteiger partial charge in [0.1, 0.15) is 5.82 Å². The first kappa shape index (κ1) is 9.46. The Hall–Kier alpha value is -1.09. The predicted molar refractivity (Wildman–Crippen MR) is 58.3 cm³/mol. The molecule has 0 unspecified atom stereocenters. The Morgan fingerprint density at radius 3 is 2.79 bits per heavy atom. The van der Waals surface area contributed by atoms with Crippen molar-refractivity contribution in [1.29, 1.82) is 0 Å². The van der Waals surface area contributed by atoms with Gasteiger partial charge >= 0.3 is 0 Å². The van der Waals surface area contributed by atoms with Crippen LogP contribution in [0.2, 0.25) is 0 Å². The highest BCUT2D eigenvalue weighted by Gasteiger charge is 2.25. The molecule has 0 atom stereocenters. The maximum Gasteiger partial charge on any atom is 0.125 e. The van der Waals surface area contributed by atoms with Crippen LogP contribution < -0.4 is 5.32 Å². The smallest absolute Gasteiger partial charge is 0.125 e. The summed E-state index contributed by atoms with van der Waals surface area (Å²) in [7, 11) is 4.07. The lowest BCUT2D eigenvalue weighted by molar-refractivity contribution is 0.316. The lowest BCUT2D eigenvalue weighted by Gasteiger charge is -2.15. The molecule has 0 radical (unpaired) electrons. The van der Waals surface area contributed by atoms with Gasteiger partial charge in [-0.05, 0) is 31.5 Å². The van der Waals surface area contributed by atoms with Gasteiger partial charge in [-0.3, -0.25) is 4.90 Å². The first-order valence-corrected chi connectivity index (χ1v) is 5.12. The molecule has 0 spiro atoms. The molecule has 1 fully saturated rings. The SMILES string of the molecule is CNc1ccc(CN(C)C2CC2)cn1. The number of rotatable bonds is 4. The molecule has 0 bridgehead atoms. The van der Waals surface area contributed by atoms with E-state index < -0.39 is 0 Å². The van der Waals surface area contributed by atoms with Gasteiger partial charge in [0.05, 0.1) is 0 Å². The van der Waals surface area contributed by atoms with Crippen LogP contribution in [0.1, 0.15) is 18.4 Å². The van der Waals surface area contributed by atoms with E-state index in [2.05, 4.69) is 28.3 Å². The quantitative estimate of drug-likeness (QED) is 0.785. The van der Waals surface area contributed by atoms with Crippen LogP contribution in [-0.4, -0.2) is 30.0 Å². The summed E-state index contributed by atoms with van der Waals surface area (Å²) in [5.41, 5.74) is 1.29. The standard InChI is InChI=1S/C11H17N3/c1-12-11-6-3-9(7-13-11)8-14(2)10-4-5-10/h3,6-7,10H,4-5,8H2,1-2H3,(H,12,13). The number of hydrogen-bond donors (Lipinski definition) is 1. The molecule has 0 aromatic carbocycles. The lowest BCUT2D eigenvalue weighted by atomic mass is 10.2. The van der Waals surface area contributed by atoms with Crippen LogP contribution in [0.25, 0.3) is 0 Å². The molecule has 2 rings (SSSR count). The minimum atomic E-state index is 0.818. The first-order chi connectivity index (χ1) is 6.79. The summed E-state index contributed by atoms with van der Waals surface area (Å²) in [6, 6.07) is 4.98. The Kier molecular flexibility index (Phi) is 2.68. The third-order valence-corrected chi connectivity index (χ3v) is 2.68. The minimum Gasteiger partial charge on any atom is -0.373 e. The lowest BCUT2D eigenvalue weighted by Crippen LogP contribution is -2.19. The summed E-state index contributed by atoms with van der Waals surface area (Å²) in [4.78, 5) is 6.69. The predicted octanol–water partition coefficient (Wildman–Crippen LogP) is 1.72. The van der Waals surface area contributed by atoms with E-state index >= 15 is 0 Å². The van der Waals surface area contributed by atoms with Gasteiger partial charge in [0.15, 0.2) is 0 Å². The molecule has 3 heteroatoms. The van der Waals surface area contributed by atoms with E-state index in [1.54, 1.807) is 0 Å². The van der Waals surface area contributed by atoms with Crippen LogP contribution >= 0.6 is 0 Å². The average Bonchev–Trinajstić information content (AvgIpc) is 3.02. The number of nitrogens with zero attached hydrogens (tertiary/aromatic N) is 2. The van der Waals surface area contributed by atoms with Gasteiger partial charge in [-0.15, -0.1) is 0 Å². The molecular formula is C11H17N3. The molecule has 0 aliphatic heterocycles. The van der Waals surface area contributed by atoms with Gasteiger partial charge in [0.2, 0.25) is 0 Å². The summed E-state index contributed by atoms with van der Waals surface area (Å²) in [6.45, 7) is 1.02. The Bertz CT molecular complexity index is 290. The molecular weight excluding hydrogens is 174 g/mol. The number of pyridine rings is 1. The Morgan fingerprint density at radius 2 is 2.29 bits per heavy atom. The van der Waals surface area contributed by atoms with E-state index in [4.69, 9.17) is 0 Å². The molecule has 76 valence electrons. The first-order valence-electron chi connectivity index (χ1n) is 5.12. The van der Waals surface area contributed by atoms with Crippen molar-refractivity contribution in [3.05, 3.63) is 23.9 Å². The van der Waals surface area contributed by atoms with Crippen LogP contribution in [0.3, 0.4) is 0 Å². The molecule has 14 heavy (non-hydrogen) atoms. The van der Waals surface area contributed by atoms with E-state index in [1.807, 2.05) is 19.3 Å². The van der Waals surface area contributed by atoms with E-state index in [-0.39, 0.29) is 0 Å². The van der Waals surface area contributed by atoms with Crippen molar-refractivity contribution in [1.82, 2.24) is 9.88 Å². The fourth-order valence-corrected chi connectivity index (χ4v) is 1.60. The summed E-state index contributed by atoms with van der Waals surface area (Å²) >= 11 is 0. The third kappa shape index (κ3) is 2.23. The van der Waals surface area contributed by atoms with E-state index in [9.17, 15) is 0 Å². The molecule has 1 N–H and O–H groups in total. The molecule has 1 saturated carbocycles. The zero-order chi connectivity index (χ0) is 9.97. The van der Waals surface area contributed by atoms with Crippen molar-refractivity contribution < 1.29 is 0 Å². The van der Waals surface area contributed by atoms with Crippen molar-refractivity contribution in [3.63, 3.8) is 0 Å². The third-order valence-electron chi connectivity index (χ3n) is 2.68. The van der Waals surface area contributed by atoms with Crippen LogP contribution in [0.15, 0.2) is 18.3 Å². The normalized spacial score (nSPS) is 15.9. The second-order valence-corrected chi connectivity index (χ2v) is 3.95. The number of anilines is 1. The second-order valence-electron chi connectivity index (χ2n) is 3.95. The fourth-order valence-electron chi connectivity index (χ4n) is 1.60. The molecule has 0 amide bonds. The topological polar surface area (TPSA) is 28.2 Å². The van der Waals surface area contributed by atoms with Gasteiger partial charge in [-0.1, -0.05) is 6.07 Å². The molecule has 1 aliphatic carbocycles. The largest absolute Gasteiger partial charge is 0.373 e. The van der Waals surface area contributed by atoms with Crippen LogP contribution in [0.4, 0.5) is 5.82 Å². The summed E-state index contributed by atoms with van der Waals surface area (Å²) in [5.74, 6) is 0.933. The number of hydrogen-bond acceptors (Lipinski definition) is 3. The molecule has 1 aromatic heterocycles. The number of aromatic nitrogens is 1. The minimum absolute atomic E-state index is 0.818. The Balaban J connectivity index is 1.95. The van der Waals surface area contributed by atoms with E-state index in [0.717, 1.165) is 18.4 Å². The van der Waals surface area contributed by atoms with Crippen LogP contribution in [0, 0.1) is 0 Å². The fraction of sp³-hybridized carbons (Fsp3) is 0.545. The zero-order valence-corrected chi connectivity index (χ0v) is 8.83. The van der Waals surface area contributed by atoms with Crippen molar-refractivity contribution in [2.24, 2.45) is 0 Å². The highest BCUT2D eigenvalue weighted by molar-refractivity contribution is 5.34. The van der Waals surface area contributed by atoms with Crippen LogP contribution in [0.5, 0.6) is 0 Å². The second kappa shape index (κ2) is 3.96. The van der Waals surface area contributed by atoms with Crippen molar-refractivity contribution >= 4 is 5.82 Å². The van der Waals surface area contributed by atoms with Gasteiger partial charge in [-0.2, -0.15) is 0 Å². The molecule has 1 aromatic rings. The highest BCUT2D eigenvalue weighted by Crippen LogP contribution is 2.26. The maximum atomic E-state index is 4.29. The maximum absolute atomic E-state index is 4.29. The summed E-state index contributed by atoms with van der Waals surface area (Å²) in [5, 5.41) is 3.02. The van der Waals surface area contributed by atoms with Gasteiger partial charge in [0.25, 0.3) is 0 Å².